The molecule has 1 amide bonds. The van der Waals surface area contributed by atoms with Gasteiger partial charge in [-0.05, 0) is 18.4 Å². The van der Waals surface area contributed by atoms with Crippen LogP contribution in [-0.2, 0) is 4.79 Å². The van der Waals surface area contributed by atoms with Gasteiger partial charge in [0.05, 0.1) is 6.42 Å². The highest BCUT2D eigenvalue weighted by molar-refractivity contribution is 5.87. The van der Waals surface area contributed by atoms with E-state index >= 15 is 0 Å². The second-order valence-corrected chi connectivity index (χ2v) is 2.99. The second kappa shape index (κ2) is 3.36. The van der Waals surface area contributed by atoms with Crippen molar-refractivity contribution in [3.05, 3.63) is 24.4 Å². The Hall–Kier alpha value is -1.46. The fraction of sp³-hybridized carbons (Fsp3) is 0.375. The molecule has 6 heteroatoms. The molecule has 0 saturated carbocycles. The monoisotopic (exact) mass is 206 g/mol. The second-order valence-electron chi connectivity index (χ2n) is 2.99. The van der Waals surface area contributed by atoms with E-state index < -0.39 is 24.0 Å². The number of halogens is 3. The summed E-state index contributed by atoms with van der Waals surface area (Å²) in [6.45, 7) is 0. The van der Waals surface area contributed by atoms with Crippen LogP contribution in [0.2, 0.25) is 0 Å². The van der Waals surface area contributed by atoms with E-state index in [2.05, 4.69) is 5.32 Å². The first kappa shape index (κ1) is 10.6. The lowest BCUT2D eigenvalue weighted by Crippen LogP contribution is -2.55. The van der Waals surface area contributed by atoms with Crippen LogP contribution < -0.4 is 11.1 Å². The van der Waals surface area contributed by atoms with E-state index in [4.69, 9.17) is 5.73 Å². The van der Waals surface area contributed by atoms with Crippen LogP contribution in [0.25, 0.3) is 0 Å². The molecule has 14 heavy (non-hydrogen) atoms. The van der Waals surface area contributed by atoms with E-state index in [1.807, 2.05) is 0 Å². The van der Waals surface area contributed by atoms with Crippen molar-refractivity contribution in [3.63, 3.8) is 0 Å². The van der Waals surface area contributed by atoms with Crippen LogP contribution in [-0.4, -0.2) is 17.6 Å². The van der Waals surface area contributed by atoms with Gasteiger partial charge in [0.2, 0.25) is 5.91 Å². The molecular formula is C8H9F3N2O. The average molecular weight is 206 g/mol. The third-order valence-electron chi connectivity index (χ3n) is 1.85. The van der Waals surface area contributed by atoms with Crippen molar-refractivity contribution in [1.82, 2.24) is 5.32 Å². The van der Waals surface area contributed by atoms with E-state index in [9.17, 15) is 18.0 Å². The van der Waals surface area contributed by atoms with Crippen molar-refractivity contribution in [2.75, 3.05) is 0 Å². The van der Waals surface area contributed by atoms with Crippen LogP contribution >= 0.6 is 0 Å². The summed E-state index contributed by atoms with van der Waals surface area (Å²) in [4.78, 5) is 10.9. The molecule has 0 aliphatic carbocycles. The zero-order valence-corrected chi connectivity index (χ0v) is 7.14. The molecule has 0 aromatic heterocycles. The number of hydrogen-bond acceptors (Lipinski definition) is 2. The SMILES string of the molecule is NC(=O)C1(CC(F)(F)F)C=CC=CN1. The maximum absolute atomic E-state index is 12.1. The Morgan fingerprint density at radius 2 is 2.07 bits per heavy atom. The number of dihydropyridines is 1. The molecule has 0 aromatic rings. The van der Waals surface area contributed by atoms with Gasteiger partial charge in [-0.2, -0.15) is 13.2 Å². The molecule has 0 fully saturated rings. The molecule has 3 N–H and O–H groups in total. The summed E-state index contributed by atoms with van der Waals surface area (Å²) in [5, 5.41) is 2.33. The first-order valence-electron chi connectivity index (χ1n) is 3.84. The molecular weight excluding hydrogens is 197 g/mol. The Bertz CT molecular complexity index is 295. The van der Waals surface area contributed by atoms with Gasteiger partial charge in [0, 0.05) is 0 Å². The first-order chi connectivity index (χ1) is 6.36. The average Bonchev–Trinajstić information content (AvgIpc) is 2.02. The molecule has 0 aromatic carbocycles. The number of allylic oxidation sites excluding steroid dienone is 2. The zero-order valence-electron chi connectivity index (χ0n) is 7.14. The molecule has 0 spiro atoms. The number of alkyl halides is 3. The normalized spacial score (nSPS) is 25.9. The van der Waals surface area contributed by atoms with E-state index in [1.165, 1.54) is 18.4 Å². The van der Waals surface area contributed by atoms with Crippen LogP contribution in [0.1, 0.15) is 6.42 Å². The molecule has 1 rings (SSSR count). The van der Waals surface area contributed by atoms with Crippen molar-refractivity contribution in [3.8, 4) is 0 Å². The number of amides is 1. The summed E-state index contributed by atoms with van der Waals surface area (Å²) in [5.74, 6) is -1.05. The number of rotatable bonds is 2. The van der Waals surface area contributed by atoms with E-state index in [0.717, 1.165) is 6.08 Å². The number of nitrogens with one attached hydrogen (secondary N) is 1. The maximum Gasteiger partial charge on any atom is 0.392 e. The number of primary amides is 1. The van der Waals surface area contributed by atoms with Gasteiger partial charge < -0.3 is 11.1 Å². The highest BCUT2D eigenvalue weighted by atomic mass is 19.4. The molecule has 3 nitrogen and oxygen atoms in total. The van der Waals surface area contributed by atoms with Gasteiger partial charge in [-0.15, -0.1) is 0 Å². The predicted octanol–water partition coefficient (Wildman–Crippen LogP) is 0.836. The quantitative estimate of drug-likeness (QED) is 0.703. The van der Waals surface area contributed by atoms with Gasteiger partial charge in [-0.1, -0.05) is 6.08 Å². The minimum atomic E-state index is -4.45. The van der Waals surface area contributed by atoms with Gasteiger partial charge in [0.25, 0.3) is 0 Å². The van der Waals surface area contributed by atoms with Crippen LogP contribution in [0, 0.1) is 0 Å². The smallest absolute Gasteiger partial charge is 0.374 e. The number of hydrogen-bond donors (Lipinski definition) is 2. The Labute approximate surface area is 78.5 Å². The van der Waals surface area contributed by atoms with Gasteiger partial charge in [-0.3, -0.25) is 4.79 Å². The molecule has 1 atom stereocenters. The number of nitrogens with two attached hydrogens (primary N) is 1. The Kier molecular flexibility index (Phi) is 2.55. The van der Waals surface area contributed by atoms with Crippen LogP contribution in [0.15, 0.2) is 24.4 Å². The Morgan fingerprint density at radius 3 is 2.43 bits per heavy atom. The van der Waals surface area contributed by atoms with Crippen LogP contribution in [0.3, 0.4) is 0 Å². The summed E-state index contributed by atoms with van der Waals surface area (Å²) in [7, 11) is 0. The maximum atomic E-state index is 12.1. The minimum Gasteiger partial charge on any atom is -0.374 e. The van der Waals surface area contributed by atoms with Crippen molar-refractivity contribution in [1.29, 1.82) is 0 Å². The topological polar surface area (TPSA) is 55.1 Å². The third kappa shape index (κ3) is 2.27. The Balaban J connectivity index is 2.89. The molecule has 0 saturated heterocycles. The summed E-state index contributed by atoms with van der Waals surface area (Å²) in [5.41, 5.74) is 3.08. The molecule has 78 valence electrons. The first-order valence-corrected chi connectivity index (χ1v) is 3.84. The summed E-state index contributed by atoms with van der Waals surface area (Å²) in [6.07, 6.45) is -0.544. The molecule has 1 heterocycles. The summed E-state index contributed by atoms with van der Waals surface area (Å²) < 4.78 is 36.4. The molecule has 1 aliphatic rings. The lowest BCUT2D eigenvalue weighted by atomic mass is 9.92. The van der Waals surface area contributed by atoms with Gasteiger partial charge in [0.1, 0.15) is 5.54 Å². The van der Waals surface area contributed by atoms with Gasteiger partial charge in [0.15, 0.2) is 0 Å². The van der Waals surface area contributed by atoms with Crippen molar-refractivity contribution in [2.24, 2.45) is 5.73 Å². The van der Waals surface area contributed by atoms with E-state index in [0.29, 0.717) is 0 Å². The van der Waals surface area contributed by atoms with Crippen molar-refractivity contribution < 1.29 is 18.0 Å². The zero-order chi connectivity index (χ0) is 10.8. The predicted molar refractivity (Wildman–Crippen MR) is 44.0 cm³/mol. The lowest BCUT2D eigenvalue weighted by molar-refractivity contribution is -0.154. The number of carbonyl (C=O) groups excluding carboxylic acids is 1. The minimum absolute atomic E-state index is 1.05. The third-order valence-corrected chi connectivity index (χ3v) is 1.85. The van der Waals surface area contributed by atoms with E-state index in [1.54, 1.807) is 0 Å². The van der Waals surface area contributed by atoms with Crippen LogP contribution in [0.4, 0.5) is 13.2 Å². The Morgan fingerprint density at radius 1 is 1.43 bits per heavy atom. The van der Waals surface area contributed by atoms with Crippen molar-refractivity contribution in [2.45, 2.75) is 18.1 Å². The lowest BCUT2D eigenvalue weighted by Gasteiger charge is -2.30. The highest BCUT2D eigenvalue weighted by Crippen LogP contribution is 2.29. The molecule has 1 unspecified atom stereocenters. The van der Waals surface area contributed by atoms with Crippen LogP contribution in [0.5, 0.6) is 0 Å². The fourth-order valence-electron chi connectivity index (χ4n) is 1.19. The summed E-state index contributed by atoms with van der Waals surface area (Å²) >= 11 is 0. The largest absolute Gasteiger partial charge is 0.392 e. The molecule has 0 bridgehead atoms. The van der Waals surface area contributed by atoms with Gasteiger partial charge in [-0.25, -0.2) is 0 Å². The molecule has 1 aliphatic heterocycles. The van der Waals surface area contributed by atoms with Gasteiger partial charge >= 0.3 is 6.18 Å². The van der Waals surface area contributed by atoms with E-state index in [-0.39, 0.29) is 0 Å². The van der Waals surface area contributed by atoms with Crippen molar-refractivity contribution >= 4 is 5.91 Å². The standard InChI is InChI=1S/C8H9F3N2O/c9-8(10,11)5-7(6(12)14)3-1-2-4-13-7/h1-4,13H,5H2,(H2,12,14). The summed E-state index contributed by atoms with van der Waals surface area (Å²) in [6, 6.07) is 0. The highest BCUT2D eigenvalue weighted by Gasteiger charge is 2.45. The fourth-order valence-corrected chi connectivity index (χ4v) is 1.19. The molecule has 0 radical (unpaired) electrons. The number of carbonyl (C=O) groups is 1.